The molecule has 0 radical (unpaired) electrons. The van der Waals surface area contributed by atoms with Crippen LogP contribution in [0.5, 0.6) is 5.75 Å². The number of anilines is 1. The molecule has 1 aliphatic carbocycles. The van der Waals surface area contributed by atoms with Gasteiger partial charge in [-0.15, -0.1) is 0 Å². The van der Waals surface area contributed by atoms with Gasteiger partial charge in [-0.2, -0.15) is 5.10 Å². The number of hydrogen-bond donors (Lipinski definition) is 1. The van der Waals surface area contributed by atoms with Crippen LogP contribution in [0.25, 0.3) is 16.6 Å². The number of ether oxygens (including phenoxy) is 1. The van der Waals surface area contributed by atoms with Crippen molar-refractivity contribution >= 4 is 17.2 Å². The molecule has 0 saturated heterocycles. The van der Waals surface area contributed by atoms with Crippen LogP contribution in [0, 0.1) is 5.92 Å². The molecule has 0 unspecified atom stereocenters. The number of amides is 1. The van der Waals surface area contributed by atoms with E-state index in [9.17, 15) is 4.79 Å². The number of rotatable bonds is 6. The van der Waals surface area contributed by atoms with Gasteiger partial charge >= 0.3 is 0 Å². The van der Waals surface area contributed by atoms with Gasteiger partial charge in [-0.25, -0.2) is 4.52 Å². The third kappa shape index (κ3) is 3.82. The van der Waals surface area contributed by atoms with Crippen molar-refractivity contribution in [1.29, 1.82) is 0 Å². The molecule has 1 saturated carbocycles. The van der Waals surface area contributed by atoms with Gasteiger partial charge in [-0.3, -0.25) is 9.78 Å². The van der Waals surface area contributed by atoms with Crippen LogP contribution < -0.4 is 10.1 Å². The Morgan fingerprint density at radius 1 is 1.14 bits per heavy atom. The zero-order valence-electron chi connectivity index (χ0n) is 15.8. The molecule has 0 bridgehead atoms. The van der Waals surface area contributed by atoms with E-state index in [2.05, 4.69) is 21.5 Å². The SMILES string of the molecule is O=C(Nc1cc2c(-c3ccc(OCc4cccnc4)cc3)cccn2n1)C1CC1. The fourth-order valence-corrected chi connectivity index (χ4v) is 3.28. The van der Waals surface area contributed by atoms with Crippen LogP contribution in [0.1, 0.15) is 18.4 Å². The molecular formula is C23H20N4O2. The molecule has 1 aliphatic rings. The summed E-state index contributed by atoms with van der Waals surface area (Å²) in [5, 5.41) is 7.40. The second kappa shape index (κ2) is 7.39. The van der Waals surface area contributed by atoms with E-state index in [0.29, 0.717) is 12.4 Å². The van der Waals surface area contributed by atoms with E-state index in [1.165, 1.54) is 0 Å². The predicted octanol–water partition coefficient (Wildman–Crippen LogP) is 4.32. The highest BCUT2D eigenvalue weighted by atomic mass is 16.5. The minimum Gasteiger partial charge on any atom is -0.489 e. The highest BCUT2D eigenvalue weighted by Gasteiger charge is 2.30. The predicted molar refractivity (Wildman–Crippen MR) is 111 cm³/mol. The van der Waals surface area contributed by atoms with Crippen molar-refractivity contribution < 1.29 is 9.53 Å². The van der Waals surface area contributed by atoms with E-state index in [1.54, 1.807) is 16.9 Å². The second-order valence-electron chi connectivity index (χ2n) is 7.22. The lowest BCUT2D eigenvalue weighted by molar-refractivity contribution is -0.117. The molecule has 1 aromatic carbocycles. The number of carbonyl (C=O) groups excluding carboxylic acids is 1. The number of pyridine rings is 2. The molecule has 29 heavy (non-hydrogen) atoms. The maximum absolute atomic E-state index is 12.0. The molecule has 4 aromatic rings. The second-order valence-corrected chi connectivity index (χ2v) is 7.22. The molecule has 1 N–H and O–H groups in total. The van der Waals surface area contributed by atoms with Gasteiger partial charge in [0.1, 0.15) is 12.4 Å². The summed E-state index contributed by atoms with van der Waals surface area (Å²) in [5.41, 5.74) is 4.08. The van der Waals surface area contributed by atoms with Crippen molar-refractivity contribution in [3.63, 3.8) is 0 Å². The number of benzene rings is 1. The van der Waals surface area contributed by atoms with Crippen molar-refractivity contribution in [3.8, 4) is 16.9 Å². The molecule has 6 nitrogen and oxygen atoms in total. The molecule has 144 valence electrons. The standard InChI is InChI=1S/C23H20N4O2/c28-23(18-5-6-18)25-22-13-21-20(4-2-12-27(21)26-22)17-7-9-19(10-8-17)29-15-16-3-1-11-24-14-16/h1-4,7-14,18H,5-6,15H2,(H,25,26,28). The summed E-state index contributed by atoms with van der Waals surface area (Å²) in [6, 6.07) is 17.8. The van der Waals surface area contributed by atoms with Gasteiger partial charge in [0.25, 0.3) is 0 Å². The largest absolute Gasteiger partial charge is 0.489 e. The molecule has 1 fully saturated rings. The van der Waals surface area contributed by atoms with Crippen molar-refractivity contribution in [1.82, 2.24) is 14.6 Å². The maximum Gasteiger partial charge on any atom is 0.228 e. The first-order valence-corrected chi connectivity index (χ1v) is 9.68. The molecule has 0 atom stereocenters. The summed E-state index contributed by atoms with van der Waals surface area (Å²) in [7, 11) is 0. The molecule has 3 aromatic heterocycles. The van der Waals surface area contributed by atoms with Crippen LogP contribution in [-0.2, 0) is 11.4 Å². The maximum atomic E-state index is 12.0. The first-order chi connectivity index (χ1) is 14.3. The van der Waals surface area contributed by atoms with E-state index in [1.807, 2.05) is 54.7 Å². The lowest BCUT2D eigenvalue weighted by Gasteiger charge is -2.08. The third-order valence-electron chi connectivity index (χ3n) is 4.99. The average molecular weight is 384 g/mol. The summed E-state index contributed by atoms with van der Waals surface area (Å²) in [6.07, 6.45) is 7.38. The highest BCUT2D eigenvalue weighted by molar-refractivity contribution is 5.94. The monoisotopic (exact) mass is 384 g/mol. The fraction of sp³-hybridized carbons (Fsp3) is 0.174. The number of carbonyl (C=O) groups is 1. The Labute approximate surface area is 168 Å². The van der Waals surface area contributed by atoms with Crippen molar-refractivity contribution in [3.05, 3.63) is 78.8 Å². The Morgan fingerprint density at radius 3 is 2.76 bits per heavy atom. The van der Waals surface area contributed by atoms with Gasteiger partial charge in [-0.05, 0) is 42.7 Å². The molecule has 3 heterocycles. The Morgan fingerprint density at radius 2 is 2.00 bits per heavy atom. The smallest absolute Gasteiger partial charge is 0.228 e. The molecule has 0 aliphatic heterocycles. The molecular weight excluding hydrogens is 364 g/mol. The summed E-state index contributed by atoms with van der Waals surface area (Å²) in [6.45, 7) is 0.482. The average Bonchev–Trinajstić information content (AvgIpc) is 3.53. The zero-order valence-corrected chi connectivity index (χ0v) is 15.8. The van der Waals surface area contributed by atoms with Gasteiger partial charge in [-0.1, -0.05) is 24.3 Å². The number of nitrogens with zero attached hydrogens (tertiary/aromatic N) is 3. The Hall–Kier alpha value is -3.67. The van der Waals surface area contributed by atoms with E-state index < -0.39 is 0 Å². The van der Waals surface area contributed by atoms with Crippen LogP contribution in [0.4, 0.5) is 5.82 Å². The van der Waals surface area contributed by atoms with Crippen molar-refractivity contribution in [2.24, 2.45) is 5.92 Å². The van der Waals surface area contributed by atoms with E-state index in [4.69, 9.17) is 4.74 Å². The first kappa shape index (κ1) is 17.4. The van der Waals surface area contributed by atoms with Gasteiger partial charge in [0.05, 0.1) is 5.52 Å². The summed E-state index contributed by atoms with van der Waals surface area (Å²) >= 11 is 0. The van der Waals surface area contributed by atoms with Crippen LogP contribution >= 0.6 is 0 Å². The van der Waals surface area contributed by atoms with Gasteiger partial charge < -0.3 is 10.1 Å². The van der Waals surface area contributed by atoms with Crippen LogP contribution in [0.15, 0.2) is 73.2 Å². The van der Waals surface area contributed by atoms with Gasteiger partial charge in [0.15, 0.2) is 5.82 Å². The Bertz CT molecular complexity index is 1150. The zero-order chi connectivity index (χ0) is 19.6. The van der Waals surface area contributed by atoms with Crippen molar-refractivity contribution in [2.75, 3.05) is 5.32 Å². The minimum atomic E-state index is 0.0603. The minimum absolute atomic E-state index is 0.0603. The number of nitrogens with one attached hydrogen (secondary N) is 1. The van der Waals surface area contributed by atoms with E-state index in [-0.39, 0.29) is 11.8 Å². The number of fused-ring (bicyclic) bond motifs is 1. The van der Waals surface area contributed by atoms with Gasteiger partial charge in [0.2, 0.25) is 5.91 Å². The topological polar surface area (TPSA) is 68.5 Å². The lowest BCUT2D eigenvalue weighted by Crippen LogP contribution is -2.13. The lowest BCUT2D eigenvalue weighted by atomic mass is 10.1. The Kier molecular flexibility index (Phi) is 4.44. The molecule has 5 rings (SSSR count). The molecule has 0 spiro atoms. The third-order valence-corrected chi connectivity index (χ3v) is 4.99. The number of hydrogen-bond acceptors (Lipinski definition) is 4. The van der Waals surface area contributed by atoms with Gasteiger partial charge in [0, 0.05) is 41.7 Å². The summed E-state index contributed by atoms with van der Waals surface area (Å²) in [5.74, 6) is 1.60. The highest BCUT2D eigenvalue weighted by Crippen LogP contribution is 2.31. The molecule has 1 amide bonds. The number of aromatic nitrogens is 3. The normalized spacial score (nSPS) is 13.4. The van der Waals surface area contributed by atoms with Crippen LogP contribution in [0.2, 0.25) is 0 Å². The van der Waals surface area contributed by atoms with Crippen LogP contribution in [0.3, 0.4) is 0 Å². The Balaban J connectivity index is 1.35. The summed E-state index contributed by atoms with van der Waals surface area (Å²) < 4.78 is 7.64. The quantitative estimate of drug-likeness (QED) is 0.537. The molecule has 6 heteroatoms. The first-order valence-electron chi connectivity index (χ1n) is 9.68. The van der Waals surface area contributed by atoms with E-state index in [0.717, 1.165) is 40.8 Å². The van der Waals surface area contributed by atoms with Crippen LogP contribution in [-0.4, -0.2) is 20.5 Å². The summed E-state index contributed by atoms with van der Waals surface area (Å²) in [4.78, 5) is 16.1. The fourth-order valence-electron chi connectivity index (χ4n) is 3.28. The van der Waals surface area contributed by atoms with E-state index >= 15 is 0 Å². The van der Waals surface area contributed by atoms with Crippen molar-refractivity contribution in [2.45, 2.75) is 19.4 Å².